The van der Waals surface area contributed by atoms with E-state index in [1.165, 1.54) is 22.3 Å². The smallest absolute Gasteiger partial charge is 0.123 e. The Morgan fingerprint density at radius 3 is 2.43 bits per heavy atom. The van der Waals surface area contributed by atoms with Gasteiger partial charge in [0.25, 0.3) is 0 Å². The highest BCUT2D eigenvalue weighted by Gasteiger charge is 2.17. The number of aryl methyl sites for hydroxylation is 2. The van der Waals surface area contributed by atoms with Crippen LogP contribution in [0.4, 0.5) is 0 Å². The monoisotopic (exact) mass is 284 g/mol. The maximum absolute atomic E-state index is 6.03. The Kier molecular flexibility index (Phi) is 5.34. The minimum Gasteiger partial charge on any atom is -0.494 e. The summed E-state index contributed by atoms with van der Waals surface area (Å²) in [5.74, 6) is 1.22. The van der Waals surface area contributed by atoms with Crippen LogP contribution in [0.1, 0.15) is 35.1 Å². The Labute approximate surface area is 127 Å². The first-order chi connectivity index (χ1) is 10.2. The maximum atomic E-state index is 6.03. The summed E-state index contributed by atoms with van der Waals surface area (Å²) in [5.41, 5.74) is 11.0. The van der Waals surface area contributed by atoms with Crippen molar-refractivity contribution in [2.24, 2.45) is 5.73 Å². The Morgan fingerprint density at radius 1 is 1.14 bits per heavy atom. The van der Waals surface area contributed by atoms with Gasteiger partial charge in [0.15, 0.2) is 0 Å². The second-order valence-corrected chi connectivity index (χ2v) is 5.40. The molecule has 0 amide bonds. The van der Waals surface area contributed by atoms with Gasteiger partial charge >= 0.3 is 0 Å². The molecule has 0 bridgehead atoms. The van der Waals surface area contributed by atoms with Crippen molar-refractivity contribution in [2.45, 2.75) is 33.1 Å². The van der Waals surface area contributed by atoms with Crippen LogP contribution in [-0.4, -0.2) is 18.1 Å². The number of nitrogens with two attached hydrogens (primary N) is 1. The van der Waals surface area contributed by atoms with E-state index in [9.17, 15) is 0 Å². The Balaban J connectivity index is 2.34. The Hall–Kier alpha value is -1.87. The molecule has 0 aliphatic heterocycles. The number of ether oxygens (including phenoxy) is 1. The SMILES string of the molecule is CCOc1cc(C)c(C)cc1C(CN)Cc1ccncc1. The highest BCUT2D eigenvalue weighted by atomic mass is 16.5. The number of hydrogen-bond acceptors (Lipinski definition) is 3. The zero-order valence-electron chi connectivity index (χ0n) is 13.1. The van der Waals surface area contributed by atoms with Gasteiger partial charge in [-0.2, -0.15) is 0 Å². The molecular weight excluding hydrogens is 260 g/mol. The first-order valence-corrected chi connectivity index (χ1v) is 7.48. The van der Waals surface area contributed by atoms with Crippen molar-refractivity contribution in [3.05, 3.63) is 58.9 Å². The van der Waals surface area contributed by atoms with Crippen molar-refractivity contribution in [3.8, 4) is 5.75 Å². The summed E-state index contributed by atoms with van der Waals surface area (Å²) >= 11 is 0. The van der Waals surface area contributed by atoms with Crippen LogP contribution in [0.5, 0.6) is 5.75 Å². The molecule has 1 heterocycles. The lowest BCUT2D eigenvalue weighted by Gasteiger charge is -2.21. The molecule has 0 saturated carbocycles. The van der Waals surface area contributed by atoms with Crippen molar-refractivity contribution < 1.29 is 4.74 Å². The Morgan fingerprint density at radius 2 is 1.81 bits per heavy atom. The van der Waals surface area contributed by atoms with E-state index < -0.39 is 0 Å². The second kappa shape index (κ2) is 7.23. The minimum atomic E-state index is 0.258. The van der Waals surface area contributed by atoms with E-state index in [1.54, 1.807) is 0 Å². The summed E-state index contributed by atoms with van der Waals surface area (Å²) in [6.45, 7) is 7.53. The third kappa shape index (κ3) is 3.82. The van der Waals surface area contributed by atoms with Gasteiger partial charge in [0.05, 0.1) is 6.61 Å². The molecule has 0 radical (unpaired) electrons. The molecule has 1 unspecified atom stereocenters. The van der Waals surface area contributed by atoms with Crippen molar-refractivity contribution in [1.82, 2.24) is 4.98 Å². The van der Waals surface area contributed by atoms with Crippen LogP contribution in [-0.2, 0) is 6.42 Å². The fourth-order valence-electron chi connectivity index (χ4n) is 2.54. The number of nitrogens with zero attached hydrogens (tertiary/aromatic N) is 1. The summed E-state index contributed by atoms with van der Waals surface area (Å²) < 4.78 is 5.83. The van der Waals surface area contributed by atoms with Gasteiger partial charge in [-0.3, -0.25) is 4.98 Å². The number of rotatable bonds is 6. The van der Waals surface area contributed by atoms with E-state index >= 15 is 0 Å². The molecule has 0 fully saturated rings. The van der Waals surface area contributed by atoms with Gasteiger partial charge < -0.3 is 10.5 Å². The molecule has 0 aliphatic rings. The lowest BCUT2D eigenvalue weighted by molar-refractivity contribution is 0.333. The van der Waals surface area contributed by atoms with E-state index in [1.807, 2.05) is 31.5 Å². The molecule has 1 aromatic heterocycles. The van der Waals surface area contributed by atoms with Crippen LogP contribution in [0.25, 0.3) is 0 Å². The summed E-state index contributed by atoms with van der Waals surface area (Å²) in [6.07, 6.45) is 4.56. The van der Waals surface area contributed by atoms with E-state index in [-0.39, 0.29) is 5.92 Å². The first kappa shape index (κ1) is 15.5. The first-order valence-electron chi connectivity index (χ1n) is 7.48. The molecule has 2 N–H and O–H groups in total. The highest BCUT2D eigenvalue weighted by Crippen LogP contribution is 2.31. The molecule has 112 valence electrons. The van der Waals surface area contributed by atoms with Crippen LogP contribution in [0, 0.1) is 13.8 Å². The van der Waals surface area contributed by atoms with E-state index in [0.29, 0.717) is 13.2 Å². The lowest BCUT2D eigenvalue weighted by Crippen LogP contribution is -2.16. The number of hydrogen-bond donors (Lipinski definition) is 1. The van der Waals surface area contributed by atoms with E-state index in [4.69, 9.17) is 10.5 Å². The van der Waals surface area contributed by atoms with Crippen molar-refractivity contribution in [2.75, 3.05) is 13.2 Å². The number of benzene rings is 1. The Bertz CT molecular complexity index is 581. The molecule has 2 rings (SSSR count). The normalized spacial score (nSPS) is 12.2. The predicted molar refractivity (Wildman–Crippen MR) is 86.8 cm³/mol. The molecule has 21 heavy (non-hydrogen) atoms. The summed E-state index contributed by atoms with van der Waals surface area (Å²) in [5, 5.41) is 0. The van der Waals surface area contributed by atoms with Gasteiger partial charge in [0, 0.05) is 18.3 Å². The van der Waals surface area contributed by atoms with Gasteiger partial charge in [0.2, 0.25) is 0 Å². The zero-order valence-corrected chi connectivity index (χ0v) is 13.1. The lowest BCUT2D eigenvalue weighted by atomic mass is 9.89. The molecule has 0 spiro atoms. The summed E-state index contributed by atoms with van der Waals surface area (Å²) in [6, 6.07) is 8.44. The molecule has 0 aliphatic carbocycles. The quantitative estimate of drug-likeness (QED) is 0.884. The van der Waals surface area contributed by atoms with Gasteiger partial charge in [0.1, 0.15) is 5.75 Å². The van der Waals surface area contributed by atoms with Gasteiger partial charge in [-0.25, -0.2) is 0 Å². The largest absolute Gasteiger partial charge is 0.494 e. The fraction of sp³-hybridized carbons (Fsp3) is 0.389. The molecule has 1 aromatic carbocycles. The summed E-state index contributed by atoms with van der Waals surface area (Å²) in [7, 11) is 0. The molecular formula is C18H24N2O. The fourth-order valence-corrected chi connectivity index (χ4v) is 2.54. The van der Waals surface area contributed by atoms with E-state index in [0.717, 1.165) is 12.2 Å². The van der Waals surface area contributed by atoms with Crippen molar-refractivity contribution in [3.63, 3.8) is 0 Å². The molecule has 0 saturated heterocycles. The molecule has 1 atom stereocenters. The number of aromatic nitrogens is 1. The topological polar surface area (TPSA) is 48.1 Å². The average Bonchev–Trinajstić information content (AvgIpc) is 2.50. The maximum Gasteiger partial charge on any atom is 0.123 e. The number of pyridine rings is 1. The highest BCUT2D eigenvalue weighted by molar-refractivity contribution is 5.44. The van der Waals surface area contributed by atoms with Gasteiger partial charge in [-0.15, -0.1) is 0 Å². The van der Waals surface area contributed by atoms with Crippen LogP contribution in [0.15, 0.2) is 36.7 Å². The van der Waals surface area contributed by atoms with Crippen LogP contribution >= 0.6 is 0 Å². The summed E-state index contributed by atoms with van der Waals surface area (Å²) in [4.78, 5) is 4.07. The van der Waals surface area contributed by atoms with E-state index in [2.05, 4.69) is 31.0 Å². The van der Waals surface area contributed by atoms with Crippen LogP contribution in [0.2, 0.25) is 0 Å². The minimum absolute atomic E-state index is 0.258. The third-order valence-electron chi connectivity index (χ3n) is 3.88. The molecule has 3 heteroatoms. The van der Waals surface area contributed by atoms with Crippen LogP contribution < -0.4 is 10.5 Å². The zero-order chi connectivity index (χ0) is 15.2. The van der Waals surface area contributed by atoms with Crippen LogP contribution in [0.3, 0.4) is 0 Å². The second-order valence-electron chi connectivity index (χ2n) is 5.40. The third-order valence-corrected chi connectivity index (χ3v) is 3.88. The van der Waals surface area contributed by atoms with Crippen molar-refractivity contribution in [1.29, 1.82) is 0 Å². The molecule has 3 nitrogen and oxygen atoms in total. The molecule has 2 aromatic rings. The van der Waals surface area contributed by atoms with Gasteiger partial charge in [-0.05, 0) is 74.2 Å². The predicted octanol–water partition coefficient (Wildman–Crippen LogP) is 3.38. The standard InChI is InChI=1S/C18H24N2O/c1-4-21-18-10-14(3)13(2)9-17(18)16(12-19)11-15-5-7-20-8-6-15/h5-10,16H,4,11-12,19H2,1-3H3. The average molecular weight is 284 g/mol. The van der Waals surface area contributed by atoms with Gasteiger partial charge in [-0.1, -0.05) is 6.07 Å². The van der Waals surface area contributed by atoms with Crippen molar-refractivity contribution >= 4 is 0 Å².